The summed E-state index contributed by atoms with van der Waals surface area (Å²) in [6.45, 7) is 0.658. The number of nitrogens with two attached hydrogens (primary N) is 1. The smallest absolute Gasteiger partial charge is 0.238 e. The number of hydroxylamine groups is 2. The second kappa shape index (κ2) is 5.14. The molecule has 1 heterocycles. The number of primary amides is 1. The number of nitrogens with zero attached hydrogens (tertiary/aromatic N) is 1. The van der Waals surface area contributed by atoms with Crippen LogP contribution in [0.5, 0.6) is 5.75 Å². The highest BCUT2D eigenvalue weighted by atomic mass is 19.1. The van der Waals surface area contributed by atoms with Crippen LogP contribution in [0.1, 0.15) is 19.3 Å². The van der Waals surface area contributed by atoms with Gasteiger partial charge in [-0.05, 0) is 43.5 Å². The normalized spacial score (nSPS) is 21.1. The van der Waals surface area contributed by atoms with Crippen molar-refractivity contribution in [2.45, 2.75) is 25.3 Å². The van der Waals surface area contributed by atoms with E-state index in [2.05, 4.69) is 0 Å². The molecule has 0 bridgehead atoms. The van der Waals surface area contributed by atoms with Gasteiger partial charge in [0.05, 0.1) is 0 Å². The quantitative estimate of drug-likeness (QED) is 0.867. The van der Waals surface area contributed by atoms with Crippen LogP contribution in [0.3, 0.4) is 0 Å². The van der Waals surface area contributed by atoms with E-state index in [9.17, 15) is 9.18 Å². The lowest BCUT2D eigenvalue weighted by Crippen LogP contribution is -2.49. The minimum absolute atomic E-state index is 0.317. The minimum atomic E-state index is -0.395. The molecule has 2 N–H and O–H groups in total. The molecule has 1 saturated heterocycles. The highest BCUT2D eigenvalue weighted by molar-refractivity contribution is 5.79. The van der Waals surface area contributed by atoms with Crippen molar-refractivity contribution in [3.63, 3.8) is 0 Å². The lowest BCUT2D eigenvalue weighted by atomic mass is 10.0. The van der Waals surface area contributed by atoms with Crippen LogP contribution >= 0.6 is 0 Å². The number of amides is 1. The van der Waals surface area contributed by atoms with Crippen molar-refractivity contribution in [3.05, 3.63) is 30.1 Å². The van der Waals surface area contributed by atoms with E-state index in [1.807, 2.05) is 0 Å². The Morgan fingerprint density at radius 3 is 2.71 bits per heavy atom. The van der Waals surface area contributed by atoms with Crippen molar-refractivity contribution < 1.29 is 14.0 Å². The summed E-state index contributed by atoms with van der Waals surface area (Å²) in [5.74, 6) is -0.186. The molecule has 92 valence electrons. The molecule has 1 aliphatic rings. The Balaban J connectivity index is 2.05. The summed E-state index contributed by atoms with van der Waals surface area (Å²) in [4.78, 5) is 16.8. The monoisotopic (exact) mass is 238 g/mol. The van der Waals surface area contributed by atoms with E-state index < -0.39 is 6.04 Å². The molecule has 0 aromatic heterocycles. The molecule has 2 rings (SSSR count). The topological polar surface area (TPSA) is 55.6 Å². The van der Waals surface area contributed by atoms with E-state index in [4.69, 9.17) is 10.6 Å². The third-order valence-corrected chi connectivity index (χ3v) is 2.82. The molecule has 4 nitrogen and oxygen atoms in total. The molecule has 1 aliphatic heterocycles. The van der Waals surface area contributed by atoms with Crippen molar-refractivity contribution >= 4 is 5.91 Å². The molecule has 1 aromatic rings. The van der Waals surface area contributed by atoms with E-state index in [0.29, 0.717) is 18.7 Å². The lowest BCUT2D eigenvalue weighted by molar-refractivity contribution is -0.147. The molecule has 5 heteroatoms. The second-order valence-electron chi connectivity index (χ2n) is 4.10. The third kappa shape index (κ3) is 2.94. The Morgan fingerprint density at radius 1 is 1.35 bits per heavy atom. The molecular weight excluding hydrogens is 223 g/mol. The predicted molar refractivity (Wildman–Crippen MR) is 60.6 cm³/mol. The number of halogens is 1. The van der Waals surface area contributed by atoms with Gasteiger partial charge in [-0.15, -0.1) is 5.06 Å². The Bertz CT molecular complexity index is 394. The minimum Gasteiger partial charge on any atom is -0.405 e. The van der Waals surface area contributed by atoms with Gasteiger partial charge in [-0.25, -0.2) is 4.39 Å². The summed E-state index contributed by atoms with van der Waals surface area (Å²) in [5.41, 5.74) is 5.31. The number of carbonyl (C=O) groups is 1. The first-order valence-corrected chi connectivity index (χ1v) is 5.66. The molecule has 0 saturated carbocycles. The van der Waals surface area contributed by atoms with Gasteiger partial charge in [0.1, 0.15) is 17.6 Å². The number of benzene rings is 1. The van der Waals surface area contributed by atoms with Crippen LogP contribution in [-0.4, -0.2) is 23.6 Å². The molecule has 1 aromatic carbocycles. The Morgan fingerprint density at radius 2 is 2.06 bits per heavy atom. The maximum Gasteiger partial charge on any atom is 0.238 e. The Labute approximate surface area is 99.1 Å². The van der Waals surface area contributed by atoms with E-state index in [0.717, 1.165) is 12.8 Å². The van der Waals surface area contributed by atoms with Gasteiger partial charge >= 0.3 is 0 Å². The van der Waals surface area contributed by atoms with Crippen LogP contribution in [0.4, 0.5) is 4.39 Å². The van der Waals surface area contributed by atoms with Crippen molar-refractivity contribution in [1.82, 2.24) is 5.06 Å². The summed E-state index contributed by atoms with van der Waals surface area (Å²) in [7, 11) is 0. The zero-order valence-electron chi connectivity index (χ0n) is 9.43. The number of carbonyl (C=O) groups excluding carboxylic acids is 1. The first-order chi connectivity index (χ1) is 8.16. The van der Waals surface area contributed by atoms with Gasteiger partial charge in [-0.3, -0.25) is 4.79 Å². The zero-order valence-corrected chi connectivity index (χ0v) is 9.43. The molecule has 0 radical (unpaired) electrons. The average Bonchev–Trinajstić information content (AvgIpc) is 2.32. The largest absolute Gasteiger partial charge is 0.405 e. The van der Waals surface area contributed by atoms with Crippen molar-refractivity contribution in [2.24, 2.45) is 5.73 Å². The summed E-state index contributed by atoms with van der Waals surface area (Å²) in [6.07, 6.45) is 2.64. The van der Waals surface area contributed by atoms with E-state index in [1.54, 1.807) is 5.06 Å². The standard InChI is InChI=1S/C12H15FN2O2/c13-9-4-6-10(7-5-9)17-15-8-2-1-3-11(15)12(14)16/h4-7,11H,1-3,8H2,(H2,14,16)/t11-/m1/s1. The Hall–Kier alpha value is -1.62. The molecule has 1 amide bonds. The zero-order chi connectivity index (χ0) is 12.3. The number of hydrogen-bond donors (Lipinski definition) is 1. The third-order valence-electron chi connectivity index (χ3n) is 2.82. The van der Waals surface area contributed by atoms with Gasteiger partial charge in [0.25, 0.3) is 0 Å². The first kappa shape index (κ1) is 11.9. The summed E-state index contributed by atoms with van der Waals surface area (Å²) in [6, 6.07) is 5.30. The lowest BCUT2D eigenvalue weighted by Gasteiger charge is -2.32. The van der Waals surface area contributed by atoms with Gasteiger partial charge in [0.2, 0.25) is 5.91 Å². The highest BCUT2D eigenvalue weighted by Gasteiger charge is 2.28. The maximum atomic E-state index is 12.7. The number of piperidine rings is 1. The van der Waals surface area contributed by atoms with Crippen molar-refractivity contribution in [3.8, 4) is 5.75 Å². The highest BCUT2D eigenvalue weighted by Crippen LogP contribution is 2.20. The van der Waals surface area contributed by atoms with Crippen molar-refractivity contribution in [2.75, 3.05) is 6.54 Å². The molecule has 1 fully saturated rings. The molecule has 17 heavy (non-hydrogen) atoms. The number of rotatable bonds is 3. The second-order valence-corrected chi connectivity index (χ2v) is 4.10. The van der Waals surface area contributed by atoms with Crippen LogP contribution in [0.2, 0.25) is 0 Å². The first-order valence-electron chi connectivity index (χ1n) is 5.66. The van der Waals surface area contributed by atoms with Gasteiger partial charge in [0.15, 0.2) is 0 Å². The maximum absolute atomic E-state index is 12.7. The fourth-order valence-electron chi connectivity index (χ4n) is 1.93. The van der Waals surface area contributed by atoms with Gasteiger partial charge in [-0.2, -0.15) is 0 Å². The van der Waals surface area contributed by atoms with Crippen LogP contribution in [0.15, 0.2) is 24.3 Å². The summed E-state index contributed by atoms with van der Waals surface area (Å²) in [5, 5.41) is 1.58. The molecule has 1 atom stereocenters. The van der Waals surface area contributed by atoms with Crippen molar-refractivity contribution in [1.29, 1.82) is 0 Å². The Kier molecular flexibility index (Phi) is 3.58. The van der Waals surface area contributed by atoms with Crippen LogP contribution in [0.25, 0.3) is 0 Å². The van der Waals surface area contributed by atoms with Gasteiger partial charge in [-0.1, -0.05) is 0 Å². The van der Waals surface area contributed by atoms with Gasteiger partial charge < -0.3 is 10.6 Å². The van der Waals surface area contributed by atoms with E-state index in [-0.39, 0.29) is 11.7 Å². The molecular formula is C12H15FN2O2. The fourth-order valence-corrected chi connectivity index (χ4v) is 1.93. The van der Waals surface area contributed by atoms with Gasteiger partial charge in [0, 0.05) is 6.54 Å². The summed E-state index contributed by atoms with van der Waals surface area (Å²) >= 11 is 0. The molecule has 0 aliphatic carbocycles. The molecule has 0 unspecified atom stereocenters. The predicted octanol–water partition coefficient (Wildman–Crippen LogP) is 1.46. The van der Waals surface area contributed by atoms with E-state index >= 15 is 0 Å². The van der Waals surface area contributed by atoms with Crippen LogP contribution in [-0.2, 0) is 4.79 Å². The SMILES string of the molecule is NC(=O)[C@H]1CCCCN1Oc1ccc(F)cc1. The van der Waals surface area contributed by atoms with E-state index in [1.165, 1.54) is 24.3 Å². The van der Waals surface area contributed by atoms with Crippen LogP contribution in [0, 0.1) is 5.82 Å². The fraction of sp³-hybridized carbons (Fsp3) is 0.417. The average molecular weight is 238 g/mol. The molecule has 0 spiro atoms. The number of hydrogen-bond acceptors (Lipinski definition) is 3. The summed E-state index contributed by atoms with van der Waals surface area (Å²) < 4.78 is 12.7. The van der Waals surface area contributed by atoms with Crippen LogP contribution < -0.4 is 10.6 Å².